The number of benzene rings is 1. The third kappa shape index (κ3) is 5.10. The van der Waals surface area contributed by atoms with Gasteiger partial charge in [-0.3, -0.25) is 4.79 Å². The molecule has 0 saturated heterocycles. The fraction of sp³-hybridized carbons (Fsp3) is 0.550. The molecule has 1 amide bonds. The summed E-state index contributed by atoms with van der Waals surface area (Å²) in [5.41, 5.74) is 1.21. The largest absolute Gasteiger partial charge is 0.356 e. The Hall–Kier alpha value is -1.82. The van der Waals surface area contributed by atoms with Crippen molar-refractivity contribution in [2.45, 2.75) is 62.6 Å². The van der Waals surface area contributed by atoms with Crippen LogP contribution in [0.15, 0.2) is 35.5 Å². The Morgan fingerprint density at radius 1 is 1.19 bits per heavy atom. The van der Waals surface area contributed by atoms with E-state index in [1.54, 1.807) is 11.8 Å². The minimum atomic E-state index is 0.121. The molecule has 1 aliphatic carbocycles. The summed E-state index contributed by atoms with van der Waals surface area (Å²) >= 11 is 1.67. The van der Waals surface area contributed by atoms with Gasteiger partial charge in [-0.15, -0.1) is 10.2 Å². The SMILES string of the molecule is CSc1nnc(CCCNC(=O)CCc2ccccc2)n1C1CCCC1. The first-order chi connectivity index (χ1) is 12.8. The van der Waals surface area contributed by atoms with Crippen LogP contribution < -0.4 is 5.32 Å². The monoisotopic (exact) mass is 372 g/mol. The number of nitrogens with one attached hydrogen (secondary N) is 1. The molecule has 6 heteroatoms. The van der Waals surface area contributed by atoms with E-state index in [2.05, 4.69) is 38.5 Å². The second kappa shape index (κ2) is 9.76. The summed E-state index contributed by atoms with van der Waals surface area (Å²) in [4.78, 5) is 12.0. The Kier molecular flexibility index (Phi) is 7.12. The van der Waals surface area contributed by atoms with Crippen LogP contribution in [0.3, 0.4) is 0 Å². The molecule has 26 heavy (non-hydrogen) atoms. The highest BCUT2D eigenvalue weighted by molar-refractivity contribution is 7.98. The van der Waals surface area contributed by atoms with Gasteiger partial charge in [0.25, 0.3) is 0 Å². The Morgan fingerprint density at radius 3 is 2.69 bits per heavy atom. The molecule has 3 rings (SSSR count). The lowest BCUT2D eigenvalue weighted by molar-refractivity contribution is -0.121. The molecule has 0 unspecified atom stereocenters. The standard InChI is InChI=1S/C20H28N4OS/c1-26-20-23-22-18(24(20)17-10-5-6-11-17)12-7-15-21-19(25)14-13-16-8-3-2-4-9-16/h2-4,8-9,17H,5-7,10-15H2,1H3,(H,21,25). The summed E-state index contributed by atoms with van der Waals surface area (Å²) in [7, 11) is 0. The van der Waals surface area contributed by atoms with Crippen LogP contribution in [0.2, 0.25) is 0 Å². The third-order valence-corrected chi connectivity index (χ3v) is 5.63. The highest BCUT2D eigenvalue weighted by atomic mass is 32.2. The summed E-state index contributed by atoms with van der Waals surface area (Å²) in [5.74, 6) is 1.19. The summed E-state index contributed by atoms with van der Waals surface area (Å²) in [5, 5.41) is 12.8. The molecule has 1 fully saturated rings. The number of hydrogen-bond donors (Lipinski definition) is 1. The predicted molar refractivity (Wildman–Crippen MR) is 105 cm³/mol. The fourth-order valence-electron chi connectivity index (χ4n) is 3.61. The topological polar surface area (TPSA) is 59.8 Å². The van der Waals surface area contributed by atoms with E-state index in [0.29, 0.717) is 19.0 Å². The van der Waals surface area contributed by atoms with Crippen LogP contribution in [-0.4, -0.2) is 33.5 Å². The molecule has 5 nitrogen and oxygen atoms in total. The first kappa shape index (κ1) is 19.0. The highest BCUT2D eigenvalue weighted by Gasteiger charge is 2.23. The van der Waals surface area contributed by atoms with Crippen LogP contribution >= 0.6 is 11.8 Å². The number of hydrogen-bond acceptors (Lipinski definition) is 4. The third-order valence-electron chi connectivity index (χ3n) is 4.99. The van der Waals surface area contributed by atoms with E-state index in [-0.39, 0.29) is 5.91 Å². The molecule has 1 aromatic carbocycles. The van der Waals surface area contributed by atoms with Crippen molar-refractivity contribution in [2.24, 2.45) is 0 Å². The number of thioether (sulfide) groups is 1. The van der Waals surface area contributed by atoms with Crippen LogP contribution in [0.25, 0.3) is 0 Å². The Balaban J connectivity index is 1.42. The van der Waals surface area contributed by atoms with Crippen molar-refractivity contribution in [3.8, 4) is 0 Å². The zero-order chi connectivity index (χ0) is 18.2. The number of carbonyl (C=O) groups excluding carboxylic acids is 1. The summed E-state index contributed by atoms with van der Waals surface area (Å²) < 4.78 is 2.34. The van der Waals surface area contributed by atoms with E-state index >= 15 is 0 Å². The molecule has 140 valence electrons. The Labute approximate surface area is 160 Å². The van der Waals surface area contributed by atoms with E-state index in [0.717, 1.165) is 30.2 Å². The van der Waals surface area contributed by atoms with E-state index in [4.69, 9.17) is 0 Å². The van der Waals surface area contributed by atoms with Crippen molar-refractivity contribution >= 4 is 17.7 Å². The molecule has 0 aliphatic heterocycles. The Bertz CT molecular complexity index is 695. The zero-order valence-corrected chi connectivity index (χ0v) is 16.3. The van der Waals surface area contributed by atoms with E-state index in [1.165, 1.54) is 31.2 Å². The molecule has 1 aromatic heterocycles. The van der Waals surface area contributed by atoms with Crippen LogP contribution in [0, 0.1) is 0 Å². The smallest absolute Gasteiger partial charge is 0.220 e. The molecule has 2 aromatic rings. The summed E-state index contributed by atoms with van der Waals surface area (Å²) in [6.07, 6.45) is 10.2. The molecule has 1 heterocycles. The average molecular weight is 373 g/mol. The van der Waals surface area contributed by atoms with Gasteiger partial charge in [-0.05, 0) is 37.5 Å². The maximum atomic E-state index is 12.0. The van der Waals surface area contributed by atoms with E-state index in [1.807, 2.05) is 18.2 Å². The van der Waals surface area contributed by atoms with Crippen molar-refractivity contribution in [1.82, 2.24) is 20.1 Å². The zero-order valence-electron chi connectivity index (χ0n) is 15.5. The van der Waals surface area contributed by atoms with Crippen molar-refractivity contribution in [3.63, 3.8) is 0 Å². The summed E-state index contributed by atoms with van der Waals surface area (Å²) in [6.45, 7) is 0.694. The molecule has 0 radical (unpaired) electrons. The lowest BCUT2D eigenvalue weighted by atomic mass is 10.1. The molecule has 1 saturated carbocycles. The molecule has 0 spiro atoms. The van der Waals surface area contributed by atoms with Gasteiger partial charge in [-0.2, -0.15) is 0 Å². The van der Waals surface area contributed by atoms with Crippen LogP contribution in [0.5, 0.6) is 0 Å². The van der Waals surface area contributed by atoms with Gasteiger partial charge in [0.2, 0.25) is 5.91 Å². The van der Waals surface area contributed by atoms with Gasteiger partial charge < -0.3 is 9.88 Å². The van der Waals surface area contributed by atoms with Gasteiger partial charge in [0.05, 0.1) is 0 Å². The molecule has 1 aliphatic rings. The quantitative estimate of drug-likeness (QED) is 0.537. The number of rotatable bonds is 9. The normalized spacial score (nSPS) is 14.7. The van der Waals surface area contributed by atoms with Crippen molar-refractivity contribution < 1.29 is 4.79 Å². The number of aromatic nitrogens is 3. The lowest BCUT2D eigenvalue weighted by Crippen LogP contribution is -2.25. The number of amides is 1. The molecule has 0 bridgehead atoms. The summed E-state index contributed by atoms with van der Waals surface area (Å²) in [6, 6.07) is 10.7. The van der Waals surface area contributed by atoms with Gasteiger partial charge in [0, 0.05) is 25.4 Å². The number of carbonyl (C=O) groups is 1. The van der Waals surface area contributed by atoms with E-state index in [9.17, 15) is 4.79 Å². The maximum Gasteiger partial charge on any atom is 0.220 e. The predicted octanol–water partition coefficient (Wildman–Crippen LogP) is 3.80. The van der Waals surface area contributed by atoms with Gasteiger partial charge >= 0.3 is 0 Å². The highest BCUT2D eigenvalue weighted by Crippen LogP contribution is 2.33. The maximum absolute atomic E-state index is 12.0. The fourth-order valence-corrected chi connectivity index (χ4v) is 4.19. The van der Waals surface area contributed by atoms with E-state index < -0.39 is 0 Å². The van der Waals surface area contributed by atoms with Gasteiger partial charge in [0.15, 0.2) is 5.16 Å². The number of aryl methyl sites for hydroxylation is 2. The van der Waals surface area contributed by atoms with Gasteiger partial charge in [0.1, 0.15) is 5.82 Å². The van der Waals surface area contributed by atoms with Crippen LogP contribution in [0.4, 0.5) is 0 Å². The van der Waals surface area contributed by atoms with Crippen molar-refractivity contribution in [3.05, 3.63) is 41.7 Å². The van der Waals surface area contributed by atoms with Crippen molar-refractivity contribution in [1.29, 1.82) is 0 Å². The first-order valence-corrected chi connectivity index (χ1v) is 10.8. The molecular weight excluding hydrogens is 344 g/mol. The van der Waals surface area contributed by atoms with Crippen molar-refractivity contribution in [2.75, 3.05) is 12.8 Å². The lowest BCUT2D eigenvalue weighted by Gasteiger charge is -2.16. The molecular formula is C20H28N4OS. The first-order valence-electron chi connectivity index (χ1n) is 9.56. The molecule has 0 atom stereocenters. The Morgan fingerprint density at radius 2 is 1.96 bits per heavy atom. The van der Waals surface area contributed by atoms with Crippen LogP contribution in [0.1, 0.15) is 56.0 Å². The second-order valence-electron chi connectivity index (χ2n) is 6.85. The molecule has 1 N–H and O–H groups in total. The average Bonchev–Trinajstić information content (AvgIpc) is 3.33. The second-order valence-corrected chi connectivity index (χ2v) is 7.62. The van der Waals surface area contributed by atoms with Crippen LogP contribution in [-0.2, 0) is 17.6 Å². The minimum Gasteiger partial charge on any atom is -0.356 e. The number of nitrogens with zero attached hydrogens (tertiary/aromatic N) is 3. The van der Waals surface area contributed by atoms with Gasteiger partial charge in [-0.25, -0.2) is 0 Å². The minimum absolute atomic E-state index is 0.121. The van der Waals surface area contributed by atoms with Gasteiger partial charge in [-0.1, -0.05) is 54.9 Å².